The van der Waals surface area contributed by atoms with Crippen molar-refractivity contribution in [3.05, 3.63) is 59.1 Å². The number of carbonyl (C=O) groups excluding carboxylic acids is 2. The molecule has 8 nitrogen and oxygen atoms in total. The van der Waals surface area contributed by atoms with Crippen LogP contribution in [0.2, 0.25) is 5.02 Å². The molecular weight excluding hydrogens is 454 g/mol. The van der Waals surface area contributed by atoms with Crippen LogP contribution in [0.4, 0.5) is 5.69 Å². The number of nitrogens with zero attached hydrogens (tertiary/aromatic N) is 2. The lowest BCUT2D eigenvalue weighted by atomic mass is 10.1. The fourth-order valence-corrected chi connectivity index (χ4v) is 4.18. The zero-order valence-corrected chi connectivity index (χ0v) is 20.1. The Morgan fingerprint density at radius 3 is 2.34 bits per heavy atom. The first-order chi connectivity index (χ1) is 15.1. The molecule has 0 spiro atoms. The number of benzene rings is 2. The number of ether oxygens (including phenoxy) is 1. The standard InChI is InChI=1S/C22H28ClN3O5S/c1-5-31-20-11-9-19(10-12-20)26(32(4,29)30)15-21(27)25(16(2)22(28)24-3)14-17-7-6-8-18(23)13-17/h6-13,16H,5,14-15H2,1-4H3,(H,24,28)/t16-/m1/s1. The van der Waals surface area contributed by atoms with Crippen LogP contribution in [0.5, 0.6) is 5.75 Å². The van der Waals surface area contributed by atoms with Gasteiger partial charge in [-0.1, -0.05) is 23.7 Å². The number of rotatable bonds is 10. The fraction of sp³-hybridized carbons (Fsp3) is 0.364. The van der Waals surface area contributed by atoms with E-state index in [1.807, 2.05) is 6.92 Å². The third-order valence-electron chi connectivity index (χ3n) is 4.77. The number of sulfonamides is 1. The molecule has 0 saturated heterocycles. The second-order valence-corrected chi connectivity index (χ2v) is 9.48. The van der Waals surface area contributed by atoms with Crippen molar-refractivity contribution >= 4 is 39.1 Å². The van der Waals surface area contributed by atoms with Crippen molar-refractivity contribution in [1.29, 1.82) is 0 Å². The summed E-state index contributed by atoms with van der Waals surface area (Å²) in [6.07, 6.45) is 1.03. The van der Waals surface area contributed by atoms with E-state index in [9.17, 15) is 18.0 Å². The van der Waals surface area contributed by atoms with Gasteiger partial charge in [-0.05, 0) is 55.8 Å². The van der Waals surface area contributed by atoms with E-state index in [1.165, 1.54) is 11.9 Å². The Kier molecular flexibility index (Phi) is 8.91. The van der Waals surface area contributed by atoms with Gasteiger partial charge in [-0.3, -0.25) is 13.9 Å². The van der Waals surface area contributed by atoms with Crippen LogP contribution in [-0.2, 0) is 26.2 Å². The highest BCUT2D eigenvalue weighted by molar-refractivity contribution is 7.92. The molecule has 0 radical (unpaired) electrons. The number of amides is 2. The monoisotopic (exact) mass is 481 g/mol. The predicted molar refractivity (Wildman–Crippen MR) is 125 cm³/mol. The first kappa shape index (κ1) is 25.5. The highest BCUT2D eigenvalue weighted by Crippen LogP contribution is 2.23. The molecule has 0 heterocycles. The van der Waals surface area contributed by atoms with E-state index >= 15 is 0 Å². The van der Waals surface area contributed by atoms with E-state index in [4.69, 9.17) is 16.3 Å². The molecule has 0 unspecified atom stereocenters. The van der Waals surface area contributed by atoms with Crippen LogP contribution in [0.25, 0.3) is 0 Å². The summed E-state index contributed by atoms with van der Waals surface area (Å²) >= 11 is 6.06. The molecule has 0 fully saturated rings. The molecule has 2 aromatic rings. The molecule has 2 aromatic carbocycles. The highest BCUT2D eigenvalue weighted by atomic mass is 35.5. The SMILES string of the molecule is CCOc1ccc(N(CC(=O)N(Cc2cccc(Cl)c2)[C@H](C)C(=O)NC)S(C)(=O)=O)cc1. The maximum Gasteiger partial charge on any atom is 0.244 e. The van der Waals surface area contributed by atoms with Crippen LogP contribution < -0.4 is 14.4 Å². The number of nitrogens with one attached hydrogen (secondary N) is 1. The van der Waals surface area contributed by atoms with E-state index in [0.29, 0.717) is 28.6 Å². The minimum Gasteiger partial charge on any atom is -0.494 e. The molecule has 174 valence electrons. The number of anilines is 1. The Hall–Kier alpha value is -2.78. The van der Waals surface area contributed by atoms with Gasteiger partial charge in [0, 0.05) is 18.6 Å². The molecule has 0 saturated carbocycles. The smallest absolute Gasteiger partial charge is 0.244 e. The van der Waals surface area contributed by atoms with Crippen molar-refractivity contribution in [1.82, 2.24) is 10.2 Å². The van der Waals surface area contributed by atoms with Crippen LogP contribution in [0, 0.1) is 0 Å². The quantitative estimate of drug-likeness (QED) is 0.562. The van der Waals surface area contributed by atoms with Crippen LogP contribution in [0.15, 0.2) is 48.5 Å². The summed E-state index contributed by atoms with van der Waals surface area (Å²) in [6, 6.07) is 12.5. The van der Waals surface area contributed by atoms with Crippen LogP contribution in [0.3, 0.4) is 0 Å². The van der Waals surface area contributed by atoms with Gasteiger partial charge in [-0.25, -0.2) is 8.42 Å². The Labute approximate surface area is 194 Å². The van der Waals surface area contributed by atoms with Gasteiger partial charge in [-0.2, -0.15) is 0 Å². The van der Waals surface area contributed by atoms with Gasteiger partial charge in [0.2, 0.25) is 21.8 Å². The molecule has 32 heavy (non-hydrogen) atoms. The van der Waals surface area contributed by atoms with Crippen molar-refractivity contribution < 1.29 is 22.7 Å². The molecule has 0 bridgehead atoms. The van der Waals surface area contributed by atoms with Gasteiger partial charge in [0.25, 0.3) is 0 Å². The van der Waals surface area contributed by atoms with Crippen molar-refractivity contribution in [2.24, 2.45) is 0 Å². The van der Waals surface area contributed by atoms with Gasteiger partial charge in [0.1, 0.15) is 18.3 Å². The van der Waals surface area contributed by atoms with Gasteiger partial charge < -0.3 is 15.0 Å². The van der Waals surface area contributed by atoms with Crippen LogP contribution in [-0.4, -0.2) is 57.6 Å². The van der Waals surface area contributed by atoms with Crippen LogP contribution >= 0.6 is 11.6 Å². The first-order valence-electron chi connectivity index (χ1n) is 10.0. The van der Waals surface area contributed by atoms with Crippen molar-refractivity contribution in [2.45, 2.75) is 26.4 Å². The summed E-state index contributed by atoms with van der Waals surface area (Å²) in [5.41, 5.74) is 1.04. The Morgan fingerprint density at radius 1 is 1.16 bits per heavy atom. The fourth-order valence-electron chi connectivity index (χ4n) is 3.11. The summed E-state index contributed by atoms with van der Waals surface area (Å²) in [7, 11) is -2.30. The molecule has 2 amide bonds. The summed E-state index contributed by atoms with van der Waals surface area (Å²) in [4.78, 5) is 26.9. The number of halogens is 1. The maximum atomic E-state index is 13.3. The number of carbonyl (C=O) groups is 2. The maximum absolute atomic E-state index is 13.3. The normalized spacial score (nSPS) is 12.0. The molecule has 0 aromatic heterocycles. The molecule has 2 rings (SSSR count). The number of hydrogen-bond donors (Lipinski definition) is 1. The Bertz CT molecular complexity index is 1040. The lowest BCUT2D eigenvalue weighted by Gasteiger charge is -2.31. The van der Waals surface area contributed by atoms with E-state index < -0.39 is 28.5 Å². The summed E-state index contributed by atoms with van der Waals surface area (Å²) in [6.45, 7) is 3.54. The molecule has 0 aliphatic rings. The van der Waals surface area contributed by atoms with Crippen molar-refractivity contribution in [3.8, 4) is 5.75 Å². The van der Waals surface area contributed by atoms with E-state index in [2.05, 4.69) is 5.32 Å². The molecule has 1 atom stereocenters. The zero-order chi connectivity index (χ0) is 23.9. The third kappa shape index (κ3) is 6.86. The van der Waals surface area contributed by atoms with Gasteiger partial charge in [0.15, 0.2) is 0 Å². The number of hydrogen-bond acceptors (Lipinski definition) is 5. The minimum atomic E-state index is -3.78. The summed E-state index contributed by atoms with van der Waals surface area (Å²) < 4.78 is 31.4. The third-order valence-corrected chi connectivity index (χ3v) is 6.15. The Balaban J connectivity index is 2.35. The second-order valence-electron chi connectivity index (χ2n) is 7.14. The molecular formula is C22H28ClN3O5S. The first-order valence-corrected chi connectivity index (χ1v) is 12.3. The lowest BCUT2D eigenvalue weighted by Crippen LogP contribution is -2.50. The topological polar surface area (TPSA) is 96.0 Å². The highest BCUT2D eigenvalue weighted by Gasteiger charge is 2.29. The number of likely N-dealkylation sites (N-methyl/N-ethyl adjacent to an activating group) is 1. The predicted octanol–water partition coefficient (Wildman–Crippen LogP) is 2.67. The molecule has 10 heteroatoms. The second kappa shape index (κ2) is 11.2. The average molecular weight is 482 g/mol. The zero-order valence-electron chi connectivity index (χ0n) is 18.5. The van der Waals surface area contributed by atoms with Gasteiger partial charge in [0.05, 0.1) is 18.6 Å². The molecule has 1 N–H and O–H groups in total. The molecule has 0 aliphatic carbocycles. The Morgan fingerprint density at radius 2 is 1.81 bits per heavy atom. The summed E-state index contributed by atoms with van der Waals surface area (Å²) in [5.74, 6) is -0.306. The van der Waals surface area contributed by atoms with E-state index in [0.717, 1.165) is 10.6 Å². The van der Waals surface area contributed by atoms with E-state index in [1.54, 1.807) is 55.5 Å². The van der Waals surface area contributed by atoms with Crippen LogP contribution in [0.1, 0.15) is 19.4 Å². The lowest BCUT2D eigenvalue weighted by molar-refractivity contribution is -0.139. The van der Waals surface area contributed by atoms with Crippen molar-refractivity contribution in [2.75, 3.05) is 30.8 Å². The van der Waals surface area contributed by atoms with E-state index in [-0.39, 0.29) is 12.5 Å². The van der Waals surface area contributed by atoms with Gasteiger partial charge >= 0.3 is 0 Å². The molecule has 0 aliphatic heterocycles. The summed E-state index contributed by atoms with van der Waals surface area (Å²) in [5, 5.41) is 3.02. The van der Waals surface area contributed by atoms with Gasteiger partial charge in [-0.15, -0.1) is 0 Å². The van der Waals surface area contributed by atoms with Crippen molar-refractivity contribution in [3.63, 3.8) is 0 Å². The largest absolute Gasteiger partial charge is 0.494 e. The minimum absolute atomic E-state index is 0.0921. The average Bonchev–Trinajstić information content (AvgIpc) is 2.75.